The standard InChI is InChI=1S/C12H16ClN.ClH/c1-12(8-4-5-9-14-12)10-6-2-3-7-11(10)13;/h2-3,6-7,14H,4-5,8-9H2,1H3;1H. The van der Waals surface area contributed by atoms with Crippen LogP contribution in [0.3, 0.4) is 0 Å². The maximum absolute atomic E-state index is 6.21. The van der Waals surface area contributed by atoms with E-state index < -0.39 is 0 Å². The van der Waals surface area contributed by atoms with Crippen molar-refractivity contribution in [3.8, 4) is 0 Å². The van der Waals surface area contributed by atoms with E-state index in [1.54, 1.807) is 0 Å². The largest absolute Gasteiger partial charge is 0.308 e. The van der Waals surface area contributed by atoms with Gasteiger partial charge < -0.3 is 5.32 Å². The minimum atomic E-state index is 0. The average molecular weight is 246 g/mol. The van der Waals surface area contributed by atoms with Gasteiger partial charge in [0.05, 0.1) is 0 Å². The molecule has 2 rings (SSSR count). The van der Waals surface area contributed by atoms with Gasteiger partial charge in [-0.25, -0.2) is 0 Å². The summed E-state index contributed by atoms with van der Waals surface area (Å²) in [6.45, 7) is 3.34. The molecular weight excluding hydrogens is 229 g/mol. The molecule has 1 N–H and O–H groups in total. The number of hydrogen-bond donors (Lipinski definition) is 1. The Morgan fingerprint density at radius 2 is 2.00 bits per heavy atom. The molecule has 0 saturated carbocycles. The molecule has 0 aromatic heterocycles. The second-order valence-corrected chi connectivity index (χ2v) is 4.60. The lowest BCUT2D eigenvalue weighted by molar-refractivity contribution is 0.284. The molecule has 1 nitrogen and oxygen atoms in total. The number of piperidine rings is 1. The molecule has 1 heterocycles. The van der Waals surface area contributed by atoms with Gasteiger partial charge in [0.15, 0.2) is 0 Å². The third kappa shape index (κ3) is 2.66. The lowest BCUT2D eigenvalue weighted by Gasteiger charge is -2.36. The summed E-state index contributed by atoms with van der Waals surface area (Å²) in [5, 5.41) is 4.45. The van der Waals surface area contributed by atoms with Gasteiger partial charge in [0.1, 0.15) is 0 Å². The molecule has 1 aliphatic rings. The van der Waals surface area contributed by atoms with Crippen LogP contribution in [0.5, 0.6) is 0 Å². The van der Waals surface area contributed by atoms with Crippen LogP contribution in [0.15, 0.2) is 24.3 Å². The summed E-state index contributed by atoms with van der Waals surface area (Å²) >= 11 is 6.21. The van der Waals surface area contributed by atoms with E-state index in [2.05, 4.69) is 24.4 Å². The van der Waals surface area contributed by atoms with E-state index >= 15 is 0 Å². The molecule has 84 valence electrons. The van der Waals surface area contributed by atoms with E-state index in [4.69, 9.17) is 11.6 Å². The third-order valence-electron chi connectivity index (χ3n) is 3.09. The van der Waals surface area contributed by atoms with Crippen LogP contribution in [0.25, 0.3) is 0 Å². The van der Waals surface area contributed by atoms with Crippen LogP contribution >= 0.6 is 24.0 Å². The van der Waals surface area contributed by atoms with Crippen molar-refractivity contribution in [1.29, 1.82) is 0 Å². The van der Waals surface area contributed by atoms with Gasteiger partial charge in [-0.15, -0.1) is 12.4 Å². The maximum atomic E-state index is 6.21. The fraction of sp³-hybridized carbons (Fsp3) is 0.500. The van der Waals surface area contributed by atoms with Gasteiger partial charge in [0.25, 0.3) is 0 Å². The highest BCUT2D eigenvalue weighted by atomic mass is 35.5. The van der Waals surface area contributed by atoms with Crippen molar-refractivity contribution in [2.45, 2.75) is 31.7 Å². The first-order chi connectivity index (χ1) is 6.72. The Hall–Kier alpha value is -0.240. The van der Waals surface area contributed by atoms with E-state index in [1.165, 1.54) is 24.8 Å². The summed E-state index contributed by atoms with van der Waals surface area (Å²) in [6.07, 6.45) is 3.74. The van der Waals surface area contributed by atoms with E-state index in [0.717, 1.165) is 11.6 Å². The summed E-state index contributed by atoms with van der Waals surface area (Å²) in [5.74, 6) is 0. The van der Waals surface area contributed by atoms with Gasteiger partial charge in [-0.2, -0.15) is 0 Å². The van der Waals surface area contributed by atoms with Crippen LogP contribution < -0.4 is 5.32 Å². The van der Waals surface area contributed by atoms with Crippen LogP contribution in [0.1, 0.15) is 31.7 Å². The first-order valence-electron chi connectivity index (χ1n) is 5.22. The first kappa shape index (κ1) is 12.8. The second kappa shape index (κ2) is 5.20. The summed E-state index contributed by atoms with van der Waals surface area (Å²) < 4.78 is 0. The molecule has 0 radical (unpaired) electrons. The van der Waals surface area contributed by atoms with Gasteiger partial charge in [-0.1, -0.05) is 36.2 Å². The van der Waals surface area contributed by atoms with E-state index in [0.29, 0.717) is 0 Å². The molecule has 0 bridgehead atoms. The Morgan fingerprint density at radius 3 is 2.60 bits per heavy atom. The van der Waals surface area contributed by atoms with Crippen molar-refractivity contribution in [2.24, 2.45) is 0 Å². The number of benzene rings is 1. The fourth-order valence-corrected chi connectivity index (χ4v) is 2.54. The number of hydrogen-bond acceptors (Lipinski definition) is 1. The van der Waals surface area contributed by atoms with Gasteiger partial charge in [0.2, 0.25) is 0 Å². The molecular formula is C12H17Cl2N. The molecule has 1 atom stereocenters. The van der Waals surface area contributed by atoms with Gasteiger partial charge in [-0.05, 0) is 37.9 Å². The Bertz CT molecular complexity index is 319. The molecule has 1 aliphatic heterocycles. The summed E-state index contributed by atoms with van der Waals surface area (Å²) in [7, 11) is 0. The predicted octanol–water partition coefficient (Wildman–Crippen LogP) is 3.75. The highest BCUT2D eigenvalue weighted by Crippen LogP contribution is 2.33. The quantitative estimate of drug-likeness (QED) is 0.795. The minimum Gasteiger partial charge on any atom is -0.308 e. The molecule has 1 saturated heterocycles. The van der Waals surface area contributed by atoms with Crippen molar-refractivity contribution in [3.63, 3.8) is 0 Å². The van der Waals surface area contributed by atoms with Crippen LogP contribution in [-0.2, 0) is 5.54 Å². The average Bonchev–Trinajstić information content (AvgIpc) is 2.19. The Balaban J connectivity index is 0.00000112. The molecule has 1 aromatic rings. The monoisotopic (exact) mass is 245 g/mol. The van der Waals surface area contributed by atoms with E-state index in [1.807, 2.05) is 12.1 Å². The minimum absolute atomic E-state index is 0. The summed E-state index contributed by atoms with van der Waals surface area (Å²) in [5.41, 5.74) is 1.32. The summed E-state index contributed by atoms with van der Waals surface area (Å²) in [6, 6.07) is 8.14. The van der Waals surface area contributed by atoms with Crippen molar-refractivity contribution < 1.29 is 0 Å². The number of halogens is 2. The highest BCUT2D eigenvalue weighted by Gasteiger charge is 2.29. The van der Waals surface area contributed by atoms with E-state index in [9.17, 15) is 0 Å². The SMILES string of the molecule is CC1(c2ccccc2Cl)CCCCN1.Cl. The normalized spacial score (nSPS) is 25.7. The number of rotatable bonds is 1. The third-order valence-corrected chi connectivity index (χ3v) is 3.42. The fourth-order valence-electron chi connectivity index (χ4n) is 2.19. The molecule has 15 heavy (non-hydrogen) atoms. The molecule has 1 aromatic carbocycles. The van der Waals surface area contributed by atoms with E-state index in [-0.39, 0.29) is 17.9 Å². The topological polar surface area (TPSA) is 12.0 Å². The maximum Gasteiger partial charge on any atom is 0.0456 e. The molecule has 1 fully saturated rings. The van der Waals surface area contributed by atoms with Crippen molar-refractivity contribution >= 4 is 24.0 Å². The van der Waals surface area contributed by atoms with Crippen LogP contribution in [0, 0.1) is 0 Å². The van der Waals surface area contributed by atoms with Gasteiger partial charge >= 0.3 is 0 Å². The Labute approximate surface area is 103 Å². The summed E-state index contributed by atoms with van der Waals surface area (Å²) in [4.78, 5) is 0. The molecule has 0 amide bonds. The Morgan fingerprint density at radius 1 is 1.27 bits per heavy atom. The zero-order valence-corrected chi connectivity index (χ0v) is 10.5. The zero-order chi connectivity index (χ0) is 10.0. The van der Waals surface area contributed by atoms with Crippen LogP contribution in [-0.4, -0.2) is 6.54 Å². The lowest BCUT2D eigenvalue weighted by Crippen LogP contribution is -2.43. The molecule has 0 aliphatic carbocycles. The Kier molecular flexibility index (Phi) is 4.45. The predicted molar refractivity (Wildman–Crippen MR) is 67.9 cm³/mol. The van der Waals surface area contributed by atoms with Gasteiger partial charge in [0, 0.05) is 10.6 Å². The number of nitrogens with one attached hydrogen (secondary N) is 1. The van der Waals surface area contributed by atoms with Gasteiger partial charge in [-0.3, -0.25) is 0 Å². The molecule has 3 heteroatoms. The van der Waals surface area contributed by atoms with Crippen LogP contribution in [0.4, 0.5) is 0 Å². The zero-order valence-electron chi connectivity index (χ0n) is 8.92. The molecule has 0 spiro atoms. The second-order valence-electron chi connectivity index (χ2n) is 4.20. The lowest BCUT2D eigenvalue weighted by atomic mass is 9.84. The smallest absolute Gasteiger partial charge is 0.0456 e. The van der Waals surface area contributed by atoms with Crippen LogP contribution in [0.2, 0.25) is 5.02 Å². The highest BCUT2D eigenvalue weighted by molar-refractivity contribution is 6.31. The van der Waals surface area contributed by atoms with Crippen molar-refractivity contribution in [1.82, 2.24) is 5.32 Å². The molecule has 1 unspecified atom stereocenters. The van der Waals surface area contributed by atoms with Crippen molar-refractivity contribution in [2.75, 3.05) is 6.54 Å². The van der Waals surface area contributed by atoms with Crippen molar-refractivity contribution in [3.05, 3.63) is 34.9 Å². The first-order valence-corrected chi connectivity index (χ1v) is 5.60.